The number of rotatable bonds is 5. The Morgan fingerprint density at radius 1 is 1.35 bits per heavy atom. The van der Waals surface area contributed by atoms with Gasteiger partial charge in [0.1, 0.15) is 0 Å². The van der Waals surface area contributed by atoms with E-state index in [0.29, 0.717) is 6.54 Å². The average Bonchev–Trinajstić information content (AvgIpc) is 2.83. The highest BCUT2D eigenvalue weighted by molar-refractivity contribution is 8.13. The summed E-state index contributed by atoms with van der Waals surface area (Å²) in [5.41, 5.74) is 0.887. The standard InChI is InChI=1S/C11H13N4OS/c16-11(9-15-5-2-1-3-6-15)17-7-4-10-8-12-14-13-10/h1-3,5-6,8H,4,7,9H2,(H,12,13,14)/q+1. The van der Waals surface area contributed by atoms with Crippen molar-refractivity contribution in [3.63, 3.8) is 0 Å². The molecule has 1 N–H and O–H groups in total. The molecule has 2 aromatic rings. The van der Waals surface area contributed by atoms with E-state index < -0.39 is 0 Å². The largest absolute Gasteiger partial charge is 0.280 e. The number of nitrogens with zero attached hydrogens (tertiary/aromatic N) is 3. The fourth-order valence-corrected chi connectivity index (χ4v) is 2.13. The summed E-state index contributed by atoms with van der Waals surface area (Å²) in [5.74, 6) is 0.735. The van der Waals surface area contributed by atoms with E-state index in [0.717, 1.165) is 17.9 Å². The number of aryl methyl sites for hydroxylation is 1. The molecule has 0 aliphatic rings. The first-order chi connectivity index (χ1) is 8.34. The Balaban J connectivity index is 1.71. The van der Waals surface area contributed by atoms with Crippen LogP contribution in [0.4, 0.5) is 0 Å². The number of carbonyl (C=O) groups is 1. The molecular formula is C11H13N4OS+. The Morgan fingerprint density at radius 3 is 2.88 bits per heavy atom. The van der Waals surface area contributed by atoms with Crippen LogP contribution in [-0.2, 0) is 17.8 Å². The molecule has 0 aliphatic carbocycles. The Morgan fingerprint density at radius 2 is 2.18 bits per heavy atom. The number of hydrogen-bond acceptors (Lipinski definition) is 4. The molecule has 0 saturated heterocycles. The van der Waals surface area contributed by atoms with Gasteiger partial charge in [0.2, 0.25) is 6.54 Å². The number of nitrogens with one attached hydrogen (secondary N) is 1. The van der Waals surface area contributed by atoms with Crippen molar-refractivity contribution in [2.75, 3.05) is 5.75 Å². The minimum Gasteiger partial charge on any atom is -0.280 e. The van der Waals surface area contributed by atoms with Crippen LogP contribution in [0.2, 0.25) is 0 Å². The van der Waals surface area contributed by atoms with E-state index in [9.17, 15) is 4.79 Å². The van der Waals surface area contributed by atoms with E-state index in [2.05, 4.69) is 15.4 Å². The van der Waals surface area contributed by atoms with Crippen LogP contribution in [0.5, 0.6) is 0 Å². The summed E-state index contributed by atoms with van der Waals surface area (Å²) in [5, 5.41) is 10.4. The third kappa shape index (κ3) is 3.99. The molecule has 6 heteroatoms. The molecule has 0 fully saturated rings. The molecule has 0 amide bonds. The van der Waals surface area contributed by atoms with Gasteiger partial charge in [-0.1, -0.05) is 17.8 Å². The van der Waals surface area contributed by atoms with E-state index >= 15 is 0 Å². The molecule has 2 rings (SSSR count). The van der Waals surface area contributed by atoms with Crippen molar-refractivity contribution in [2.24, 2.45) is 0 Å². The molecule has 5 nitrogen and oxygen atoms in total. The Hall–Kier alpha value is -1.69. The lowest BCUT2D eigenvalue weighted by atomic mass is 10.4. The monoisotopic (exact) mass is 249 g/mol. The predicted octanol–water partition coefficient (Wildman–Crippen LogP) is 0.595. The molecule has 0 spiro atoms. The first-order valence-corrected chi connectivity index (χ1v) is 6.27. The van der Waals surface area contributed by atoms with Gasteiger partial charge in [-0.15, -0.1) is 0 Å². The van der Waals surface area contributed by atoms with Crippen molar-refractivity contribution in [1.82, 2.24) is 15.4 Å². The number of carbonyl (C=O) groups excluding carboxylic acids is 1. The summed E-state index contributed by atoms with van der Waals surface area (Å²) in [7, 11) is 0. The molecular weight excluding hydrogens is 236 g/mol. The van der Waals surface area contributed by atoms with Crippen LogP contribution in [0.25, 0.3) is 0 Å². The average molecular weight is 249 g/mol. The summed E-state index contributed by atoms with van der Waals surface area (Å²) in [6.45, 7) is 0.407. The smallest absolute Gasteiger partial charge is 0.253 e. The second-order valence-corrected chi connectivity index (χ2v) is 4.63. The normalized spacial score (nSPS) is 10.4. The summed E-state index contributed by atoms with van der Waals surface area (Å²) >= 11 is 1.33. The SMILES string of the molecule is O=C(C[n+]1ccccc1)SCCc1cn[nH]n1. The van der Waals surface area contributed by atoms with Gasteiger partial charge in [0, 0.05) is 24.3 Å². The zero-order valence-corrected chi connectivity index (χ0v) is 10.1. The Bertz CT molecular complexity index is 458. The molecule has 0 aliphatic heterocycles. The summed E-state index contributed by atoms with van der Waals surface area (Å²) in [6.07, 6.45) is 6.20. The van der Waals surface area contributed by atoms with Crippen molar-refractivity contribution in [3.05, 3.63) is 42.5 Å². The number of hydrogen-bond donors (Lipinski definition) is 1. The van der Waals surface area contributed by atoms with Crippen LogP contribution in [0.3, 0.4) is 0 Å². The van der Waals surface area contributed by atoms with Gasteiger partial charge in [-0.25, -0.2) is 0 Å². The number of aromatic amines is 1. The van der Waals surface area contributed by atoms with Crippen molar-refractivity contribution >= 4 is 16.9 Å². The van der Waals surface area contributed by atoms with Crippen LogP contribution in [0, 0.1) is 0 Å². The molecule has 0 atom stereocenters. The Labute approximate surface area is 103 Å². The van der Waals surface area contributed by atoms with E-state index in [1.807, 2.05) is 35.2 Å². The topological polar surface area (TPSA) is 62.5 Å². The maximum Gasteiger partial charge on any atom is 0.253 e. The van der Waals surface area contributed by atoms with Crippen LogP contribution in [0.1, 0.15) is 5.69 Å². The van der Waals surface area contributed by atoms with Gasteiger partial charge in [-0.3, -0.25) is 4.79 Å². The van der Waals surface area contributed by atoms with E-state index in [4.69, 9.17) is 0 Å². The molecule has 0 radical (unpaired) electrons. The highest BCUT2D eigenvalue weighted by Gasteiger charge is 2.09. The molecule has 2 aromatic heterocycles. The maximum atomic E-state index is 11.6. The first-order valence-electron chi connectivity index (χ1n) is 5.29. The highest BCUT2D eigenvalue weighted by Crippen LogP contribution is 2.05. The minimum atomic E-state index is 0.157. The van der Waals surface area contributed by atoms with Gasteiger partial charge in [0.15, 0.2) is 12.4 Å². The summed E-state index contributed by atoms with van der Waals surface area (Å²) in [6, 6.07) is 5.75. The van der Waals surface area contributed by atoms with Gasteiger partial charge < -0.3 is 0 Å². The molecule has 0 unspecified atom stereocenters. The Kier molecular flexibility index (Phi) is 4.26. The fraction of sp³-hybridized carbons (Fsp3) is 0.273. The zero-order chi connectivity index (χ0) is 11.9. The molecule has 2 heterocycles. The molecule has 17 heavy (non-hydrogen) atoms. The molecule has 0 bridgehead atoms. The second kappa shape index (κ2) is 6.15. The third-order valence-electron chi connectivity index (χ3n) is 2.18. The zero-order valence-electron chi connectivity index (χ0n) is 9.24. The first kappa shape index (κ1) is 11.8. The fourth-order valence-electron chi connectivity index (χ4n) is 1.35. The molecule has 88 valence electrons. The van der Waals surface area contributed by atoms with Crippen LogP contribution in [0.15, 0.2) is 36.8 Å². The highest BCUT2D eigenvalue weighted by atomic mass is 32.2. The second-order valence-electron chi connectivity index (χ2n) is 3.48. The van der Waals surface area contributed by atoms with Gasteiger partial charge in [-0.2, -0.15) is 20.0 Å². The van der Waals surface area contributed by atoms with Crippen molar-refractivity contribution in [1.29, 1.82) is 0 Å². The van der Waals surface area contributed by atoms with Crippen LogP contribution >= 0.6 is 11.8 Å². The number of pyridine rings is 1. The lowest BCUT2D eigenvalue weighted by Crippen LogP contribution is -2.35. The maximum absolute atomic E-state index is 11.6. The quantitative estimate of drug-likeness (QED) is 0.788. The molecule has 0 saturated carbocycles. The van der Waals surface area contributed by atoms with Crippen LogP contribution < -0.4 is 4.57 Å². The number of thioether (sulfide) groups is 1. The molecule has 0 aromatic carbocycles. The lowest BCUT2D eigenvalue weighted by Gasteiger charge is -1.96. The van der Waals surface area contributed by atoms with E-state index in [-0.39, 0.29) is 5.12 Å². The number of aromatic nitrogens is 4. The third-order valence-corrected chi connectivity index (χ3v) is 3.03. The van der Waals surface area contributed by atoms with Gasteiger partial charge >= 0.3 is 0 Å². The van der Waals surface area contributed by atoms with Gasteiger partial charge in [-0.05, 0) is 0 Å². The van der Waals surface area contributed by atoms with E-state index in [1.54, 1.807) is 6.20 Å². The van der Waals surface area contributed by atoms with Crippen molar-refractivity contribution < 1.29 is 9.36 Å². The van der Waals surface area contributed by atoms with Crippen molar-refractivity contribution in [3.8, 4) is 0 Å². The van der Waals surface area contributed by atoms with Gasteiger partial charge in [0.05, 0.1) is 11.9 Å². The summed E-state index contributed by atoms with van der Waals surface area (Å²) in [4.78, 5) is 11.6. The van der Waals surface area contributed by atoms with Crippen LogP contribution in [-0.4, -0.2) is 26.3 Å². The summed E-state index contributed by atoms with van der Waals surface area (Å²) < 4.78 is 1.87. The van der Waals surface area contributed by atoms with E-state index in [1.165, 1.54) is 11.8 Å². The number of H-pyrrole nitrogens is 1. The van der Waals surface area contributed by atoms with Gasteiger partial charge in [0.25, 0.3) is 5.12 Å². The van der Waals surface area contributed by atoms with Crippen molar-refractivity contribution in [2.45, 2.75) is 13.0 Å². The lowest BCUT2D eigenvalue weighted by molar-refractivity contribution is -0.683. The minimum absolute atomic E-state index is 0.157. The predicted molar refractivity (Wildman–Crippen MR) is 64.2 cm³/mol.